The third-order valence-corrected chi connectivity index (χ3v) is 8.22. The Morgan fingerprint density at radius 2 is 1.94 bits per heavy atom. The highest BCUT2D eigenvalue weighted by Crippen LogP contribution is 2.48. The monoisotopic (exact) mass is 466 g/mol. The van der Waals surface area contributed by atoms with Crippen LogP contribution in [0.1, 0.15) is 81.8 Å². The van der Waals surface area contributed by atoms with Crippen molar-refractivity contribution in [1.29, 1.82) is 0 Å². The number of hydrogen-bond donors (Lipinski definition) is 1. The summed E-state index contributed by atoms with van der Waals surface area (Å²) in [6.45, 7) is 4.04. The van der Waals surface area contributed by atoms with Crippen molar-refractivity contribution in [2.75, 3.05) is 26.7 Å². The summed E-state index contributed by atoms with van der Waals surface area (Å²) in [6.07, 6.45) is 11.9. The molecule has 5 rings (SSSR count). The normalized spacial score (nSPS) is 24.7. The number of aryl methyl sites for hydroxylation is 1. The smallest absolute Gasteiger partial charge is 0.236 e. The number of amides is 1. The van der Waals surface area contributed by atoms with Crippen LogP contribution in [0, 0.1) is 0 Å². The number of aromatic nitrogens is 2. The predicted molar refractivity (Wildman–Crippen MR) is 131 cm³/mol. The number of fused-ring (bicyclic) bond motifs is 3. The molecule has 0 spiro atoms. The fourth-order valence-electron chi connectivity index (χ4n) is 6.27. The van der Waals surface area contributed by atoms with E-state index in [0.717, 1.165) is 88.0 Å². The molecule has 0 radical (unpaired) electrons. The molecule has 1 atom stereocenters. The molecule has 2 aliphatic heterocycles. The quantitative estimate of drug-likeness (QED) is 0.632. The number of rotatable bonds is 8. The molecular formula is C27H38N4O3. The zero-order valence-electron chi connectivity index (χ0n) is 20.6. The number of likely N-dealkylation sites (N-methyl/N-ethyl adjacent to an activating group) is 1. The number of aromatic amines is 1. The number of nitrogens with zero attached hydrogens (tertiary/aromatic N) is 3. The number of ether oxygens (including phenoxy) is 1. The van der Waals surface area contributed by atoms with Gasteiger partial charge < -0.3 is 19.4 Å². The second kappa shape index (κ2) is 10.1. The maximum Gasteiger partial charge on any atom is 0.236 e. The highest BCUT2D eigenvalue weighted by atomic mass is 16.5. The van der Waals surface area contributed by atoms with Crippen LogP contribution in [0.15, 0.2) is 12.4 Å². The van der Waals surface area contributed by atoms with E-state index in [2.05, 4.69) is 28.0 Å². The van der Waals surface area contributed by atoms with Gasteiger partial charge in [0.25, 0.3) is 0 Å². The first kappa shape index (κ1) is 23.3. The standard InChI is InChI=1S/C27H38N4O3/c1-18(32)5-6-19-7-8-20-15-23-26(25(19)20)27(29-17-28-23)34-22-11-9-21(10-12-22)30(2)16-24(33)31-13-3-4-14-31/h15,17,19,21-22H,3-14,16H2,1-2H3,(H,28,29)/t19-,21?,22?/m0/s1. The fraction of sp³-hybridized carbons (Fsp3) is 0.667. The van der Waals surface area contributed by atoms with Crippen LogP contribution in [0.25, 0.3) is 11.3 Å². The molecule has 184 valence electrons. The molecule has 0 aromatic heterocycles. The van der Waals surface area contributed by atoms with Crippen LogP contribution < -0.4 is 4.74 Å². The number of ketones is 1. The molecule has 7 heteroatoms. The van der Waals surface area contributed by atoms with Gasteiger partial charge in [-0.25, -0.2) is 4.98 Å². The van der Waals surface area contributed by atoms with Crippen LogP contribution >= 0.6 is 0 Å². The summed E-state index contributed by atoms with van der Waals surface area (Å²) in [7, 11) is 2.09. The first-order chi connectivity index (χ1) is 16.5. The van der Waals surface area contributed by atoms with Crippen LogP contribution in [0.4, 0.5) is 0 Å². The Hall–Kier alpha value is -2.41. The molecule has 1 saturated carbocycles. The molecular weight excluding hydrogens is 428 g/mol. The van der Waals surface area contributed by atoms with E-state index < -0.39 is 0 Å². The summed E-state index contributed by atoms with van der Waals surface area (Å²) in [5, 5.41) is 0. The van der Waals surface area contributed by atoms with Crippen LogP contribution in [-0.4, -0.2) is 70.3 Å². The van der Waals surface area contributed by atoms with Crippen LogP contribution in [0.3, 0.4) is 0 Å². The van der Waals surface area contributed by atoms with Gasteiger partial charge >= 0.3 is 0 Å². The van der Waals surface area contributed by atoms with Gasteiger partial charge in [-0.15, -0.1) is 0 Å². The topological polar surface area (TPSA) is 78.5 Å². The molecule has 34 heavy (non-hydrogen) atoms. The summed E-state index contributed by atoms with van der Waals surface area (Å²) < 4.78 is 6.52. The van der Waals surface area contributed by atoms with Gasteiger partial charge in [-0.2, -0.15) is 0 Å². The predicted octanol–water partition coefficient (Wildman–Crippen LogP) is 4.16. The lowest BCUT2D eigenvalue weighted by Gasteiger charge is -2.35. The van der Waals surface area contributed by atoms with E-state index in [0.29, 0.717) is 24.9 Å². The molecule has 1 saturated heterocycles. The molecule has 0 aromatic rings. The number of carbonyl (C=O) groups is 2. The van der Waals surface area contributed by atoms with E-state index in [1.807, 2.05) is 4.90 Å². The Bertz CT molecular complexity index is 988. The Morgan fingerprint density at radius 1 is 1.18 bits per heavy atom. The van der Waals surface area contributed by atoms with Gasteiger partial charge in [-0.05, 0) is 94.9 Å². The average molecular weight is 467 g/mol. The van der Waals surface area contributed by atoms with Gasteiger partial charge in [0.15, 0.2) is 0 Å². The van der Waals surface area contributed by atoms with Crippen molar-refractivity contribution in [1.82, 2.24) is 19.8 Å². The maximum atomic E-state index is 12.5. The van der Waals surface area contributed by atoms with Crippen LogP contribution in [0.2, 0.25) is 0 Å². The average Bonchev–Trinajstić information content (AvgIpc) is 3.56. The lowest BCUT2D eigenvalue weighted by atomic mass is 9.91. The minimum Gasteiger partial charge on any atom is -0.474 e. The number of likely N-dealkylation sites (tertiary alicyclic amines) is 1. The summed E-state index contributed by atoms with van der Waals surface area (Å²) in [5.74, 6) is 1.68. The van der Waals surface area contributed by atoms with Crippen molar-refractivity contribution in [3.63, 3.8) is 0 Å². The van der Waals surface area contributed by atoms with Crippen molar-refractivity contribution in [3.8, 4) is 17.1 Å². The Kier molecular flexibility index (Phi) is 6.91. The van der Waals surface area contributed by atoms with Crippen LogP contribution in [-0.2, 0) is 16.0 Å². The molecule has 7 nitrogen and oxygen atoms in total. The van der Waals surface area contributed by atoms with Gasteiger partial charge in [0, 0.05) is 25.6 Å². The third kappa shape index (κ3) is 4.85. The molecule has 0 aromatic carbocycles. The van der Waals surface area contributed by atoms with Crippen molar-refractivity contribution >= 4 is 11.7 Å². The van der Waals surface area contributed by atoms with E-state index >= 15 is 0 Å². The van der Waals surface area contributed by atoms with E-state index in [1.54, 1.807) is 13.3 Å². The molecule has 1 amide bonds. The summed E-state index contributed by atoms with van der Waals surface area (Å²) in [6, 6.07) is 2.68. The summed E-state index contributed by atoms with van der Waals surface area (Å²) in [4.78, 5) is 36.3. The summed E-state index contributed by atoms with van der Waals surface area (Å²) >= 11 is 0. The molecule has 2 heterocycles. The number of Topliss-reactive ketones (excluding diaryl/α,β-unsaturated/α-hetero) is 1. The van der Waals surface area contributed by atoms with Gasteiger partial charge in [0.2, 0.25) is 11.8 Å². The lowest BCUT2D eigenvalue weighted by Crippen LogP contribution is -2.44. The highest BCUT2D eigenvalue weighted by Gasteiger charge is 2.33. The van der Waals surface area contributed by atoms with Crippen molar-refractivity contribution in [2.24, 2.45) is 0 Å². The first-order valence-corrected chi connectivity index (χ1v) is 13.1. The van der Waals surface area contributed by atoms with Crippen molar-refractivity contribution < 1.29 is 14.3 Å². The number of H-pyrrole nitrogens is 1. The van der Waals surface area contributed by atoms with E-state index in [1.165, 1.54) is 11.1 Å². The van der Waals surface area contributed by atoms with Gasteiger partial charge in [-0.1, -0.05) is 0 Å². The molecule has 2 fully saturated rings. The molecule has 3 aliphatic carbocycles. The van der Waals surface area contributed by atoms with Crippen molar-refractivity contribution in [2.45, 2.75) is 89.2 Å². The minimum atomic E-state index is 0.152. The van der Waals surface area contributed by atoms with Gasteiger partial charge in [-0.3, -0.25) is 9.69 Å². The minimum absolute atomic E-state index is 0.152. The van der Waals surface area contributed by atoms with Gasteiger partial charge in [0.1, 0.15) is 11.9 Å². The zero-order valence-corrected chi connectivity index (χ0v) is 20.6. The molecule has 1 N–H and O–H groups in total. The molecule has 5 aliphatic rings. The number of carbonyl (C=O) groups excluding carboxylic acids is 2. The van der Waals surface area contributed by atoms with E-state index in [4.69, 9.17) is 4.74 Å². The fourth-order valence-corrected chi connectivity index (χ4v) is 6.27. The third-order valence-electron chi connectivity index (χ3n) is 8.22. The lowest BCUT2D eigenvalue weighted by molar-refractivity contribution is -0.131. The zero-order chi connectivity index (χ0) is 23.7. The Labute approximate surface area is 202 Å². The second-order valence-corrected chi connectivity index (χ2v) is 10.6. The van der Waals surface area contributed by atoms with E-state index in [9.17, 15) is 9.59 Å². The first-order valence-electron chi connectivity index (χ1n) is 13.1. The molecule has 0 unspecified atom stereocenters. The molecule has 0 bridgehead atoms. The van der Waals surface area contributed by atoms with Crippen LogP contribution in [0.5, 0.6) is 5.88 Å². The highest BCUT2D eigenvalue weighted by molar-refractivity contribution is 5.79. The van der Waals surface area contributed by atoms with Gasteiger partial charge in [0.05, 0.1) is 24.1 Å². The SMILES string of the molecule is CC(=O)CC[C@H]1CCc2cc3[nH]cnc(OC4CCC(N(C)CC(=O)N5CCCC5)CC4)c-3c21. The second-order valence-electron chi connectivity index (χ2n) is 10.6. The Morgan fingerprint density at radius 3 is 2.68 bits per heavy atom. The number of nitrogens with one attached hydrogen (secondary N) is 1. The Balaban J connectivity index is 1.21. The largest absolute Gasteiger partial charge is 0.474 e. The maximum absolute atomic E-state index is 12.5. The summed E-state index contributed by atoms with van der Waals surface area (Å²) in [5.41, 5.74) is 4.95. The van der Waals surface area contributed by atoms with Crippen molar-refractivity contribution in [3.05, 3.63) is 23.5 Å². The van der Waals surface area contributed by atoms with E-state index in [-0.39, 0.29) is 17.8 Å². The number of hydrogen-bond acceptors (Lipinski definition) is 5.